The van der Waals surface area contributed by atoms with E-state index in [1.54, 1.807) is 5.56 Å². The van der Waals surface area contributed by atoms with E-state index in [0.29, 0.717) is 11.3 Å². The second-order valence-electron chi connectivity index (χ2n) is 15.2. The smallest absolute Gasteiger partial charge is 0.0194 e. The van der Waals surface area contributed by atoms with Crippen LogP contribution in [0.1, 0.15) is 129 Å². The minimum absolute atomic E-state index is 0.0895. The molecular weight excluding hydrogens is 456 g/mol. The molecule has 4 aliphatic carbocycles. The Kier molecular flexibility index (Phi) is 6.30. The van der Waals surface area contributed by atoms with Crippen LogP contribution in [0.2, 0.25) is 0 Å². The van der Waals surface area contributed by atoms with Crippen molar-refractivity contribution in [3.05, 3.63) is 87.6 Å². The second-order valence-corrected chi connectivity index (χ2v) is 15.2. The van der Waals surface area contributed by atoms with Gasteiger partial charge in [0.1, 0.15) is 0 Å². The number of rotatable bonds is 4. The van der Waals surface area contributed by atoms with Gasteiger partial charge in [0.2, 0.25) is 0 Å². The number of aryl methyl sites for hydroxylation is 1. The highest BCUT2D eigenvalue weighted by Gasteiger charge is 2.60. The van der Waals surface area contributed by atoms with E-state index < -0.39 is 0 Å². The SMILES string of the molecule is C=C(CC1(C)CCCC1)C1=C(C)C[C@@]2(C)C[C@@]3(C)Cc4c(C(C)C)ccc(C)c4C(=C)C3=C(C)[C@@]2(C)C1=C. The lowest BCUT2D eigenvalue weighted by Crippen LogP contribution is -2.52. The van der Waals surface area contributed by atoms with Gasteiger partial charge in [0.15, 0.2) is 0 Å². The highest BCUT2D eigenvalue weighted by Crippen LogP contribution is 2.70. The summed E-state index contributed by atoms with van der Waals surface area (Å²) in [5.41, 5.74) is 16.2. The van der Waals surface area contributed by atoms with Gasteiger partial charge in [-0.2, -0.15) is 0 Å². The van der Waals surface area contributed by atoms with E-state index >= 15 is 0 Å². The molecule has 1 fully saturated rings. The quantitative estimate of drug-likeness (QED) is 0.379. The molecule has 0 nitrogen and oxygen atoms in total. The van der Waals surface area contributed by atoms with E-state index in [2.05, 4.69) is 74.4 Å². The molecule has 0 heteroatoms. The summed E-state index contributed by atoms with van der Waals surface area (Å²) in [6, 6.07) is 4.70. The van der Waals surface area contributed by atoms with Crippen LogP contribution in [0, 0.1) is 28.6 Å². The molecule has 1 saturated carbocycles. The zero-order chi connectivity index (χ0) is 28.0. The topological polar surface area (TPSA) is 0 Å². The van der Waals surface area contributed by atoms with Crippen LogP contribution in [0.15, 0.2) is 65.3 Å². The Hall–Kier alpha value is -2.08. The summed E-state index contributed by atoms with van der Waals surface area (Å²) in [7, 11) is 0. The van der Waals surface area contributed by atoms with Crippen molar-refractivity contribution in [3.8, 4) is 0 Å². The average molecular weight is 509 g/mol. The van der Waals surface area contributed by atoms with Crippen LogP contribution in [0.5, 0.6) is 0 Å². The fourth-order valence-corrected chi connectivity index (χ4v) is 10.0. The van der Waals surface area contributed by atoms with Gasteiger partial charge in [0.05, 0.1) is 0 Å². The number of benzene rings is 1. The van der Waals surface area contributed by atoms with Crippen molar-refractivity contribution in [1.29, 1.82) is 0 Å². The summed E-state index contributed by atoms with van der Waals surface area (Å²) in [5.74, 6) is 0.520. The van der Waals surface area contributed by atoms with Gasteiger partial charge >= 0.3 is 0 Å². The molecule has 1 aromatic carbocycles. The van der Waals surface area contributed by atoms with Gasteiger partial charge < -0.3 is 0 Å². The molecule has 38 heavy (non-hydrogen) atoms. The highest BCUT2D eigenvalue weighted by molar-refractivity contribution is 5.87. The normalized spacial score (nSPS) is 32.5. The summed E-state index contributed by atoms with van der Waals surface area (Å²) < 4.78 is 0. The van der Waals surface area contributed by atoms with Crippen LogP contribution in [0.4, 0.5) is 0 Å². The van der Waals surface area contributed by atoms with E-state index in [9.17, 15) is 0 Å². The maximum atomic E-state index is 4.92. The molecule has 1 aromatic rings. The van der Waals surface area contributed by atoms with Crippen LogP contribution in [-0.4, -0.2) is 0 Å². The molecular formula is C38H52. The van der Waals surface area contributed by atoms with Crippen LogP contribution in [0.3, 0.4) is 0 Å². The first-order valence-corrected chi connectivity index (χ1v) is 15.2. The molecule has 0 amide bonds. The van der Waals surface area contributed by atoms with Crippen molar-refractivity contribution < 1.29 is 0 Å². The lowest BCUT2D eigenvalue weighted by molar-refractivity contribution is 0.0541. The predicted molar refractivity (Wildman–Crippen MR) is 166 cm³/mol. The van der Waals surface area contributed by atoms with Crippen molar-refractivity contribution in [3.63, 3.8) is 0 Å². The molecule has 0 radical (unpaired) electrons. The molecule has 3 atom stereocenters. The Balaban J connectivity index is 1.65. The van der Waals surface area contributed by atoms with Gasteiger partial charge in [-0.05, 0) is 132 Å². The zero-order valence-electron chi connectivity index (χ0n) is 26.0. The Labute approximate surface area is 234 Å². The Morgan fingerprint density at radius 3 is 2.18 bits per heavy atom. The first kappa shape index (κ1) is 27.5. The van der Waals surface area contributed by atoms with E-state index in [1.165, 1.54) is 87.8 Å². The summed E-state index contributed by atoms with van der Waals surface area (Å²) in [6.07, 6.45) is 9.90. The third-order valence-electron chi connectivity index (χ3n) is 11.9. The van der Waals surface area contributed by atoms with Gasteiger partial charge in [0.25, 0.3) is 0 Å². The maximum absolute atomic E-state index is 4.92. The number of fused-ring (bicyclic) bond motifs is 3. The predicted octanol–water partition coefficient (Wildman–Crippen LogP) is 11.2. The van der Waals surface area contributed by atoms with E-state index in [0.717, 1.165) is 19.3 Å². The molecule has 5 rings (SSSR count). The number of hydrogen-bond acceptors (Lipinski definition) is 0. The molecule has 204 valence electrons. The summed E-state index contributed by atoms with van der Waals surface area (Å²) in [4.78, 5) is 0. The molecule has 0 unspecified atom stereocenters. The maximum Gasteiger partial charge on any atom is 0.0194 e. The van der Waals surface area contributed by atoms with E-state index in [1.807, 2.05) is 0 Å². The molecule has 0 spiro atoms. The van der Waals surface area contributed by atoms with Crippen molar-refractivity contribution in [2.75, 3.05) is 0 Å². The van der Waals surface area contributed by atoms with Gasteiger partial charge in [0, 0.05) is 5.41 Å². The van der Waals surface area contributed by atoms with Crippen molar-refractivity contribution in [2.24, 2.45) is 21.7 Å². The summed E-state index contributed by atoms with van der Waals surface area (Å²) >= 11 is 0. The minimum atomic E-state index is -0.0970. The van der Waals surface area contributed by atoms with Crippen LogP contribution < -0.4 is 0 Å². The summed E-state index contributed by atoms with van der Waals surface area (Å²) in [6.45, 7) is 36.3. The molecule has 0 N–H and O–H groups in total. The molecule has 0 aliphatic heterocycles. The van der Waals surface area contributed by atoms with Crippen LogP contribution in [0.25, 0.3) is 5.57 Å². The summed E-state index contributed by atoms with van der Waals surface area (Å²) in [5, 5.41) is 0. The van der Waals surface area contributed by atoms with Gasteiger partial charge in [-0.25, -0.2) is 0 Å². The minimum Gasteiger partial charge on any atom is -0.0952 e. The Morgan fingerprint density at radius 1 is 0.947 bits per heavy atom. The zero-order valence-corrected chi connectivity index (χ0v) is 26.0. The largest absolute Gasteiger partial charge is 0.0952 e. The lowest BCUT2D eigenvalue weighted by atomic mass is 9.41. The first-order chi connectivity index (χ1) is 17.6. The molecule has 0 aromatic heterocycles. The van der Waals surface area contributed by atoms with Crippen LogP contribution in [-0.2, 0) is 6.42 Å². The standard InChI is InChI=1S/C38H52/c1-23(2)30-16-15-24(3)33-27(6)34-29(8)38(12)28(7)32(25(4)19-35(9)17-13-14-18-35)26(5)20-37(38,11)22-36(34,10)21-31(30)33/h15-16,23H,4,6-7,13-14,17-22H2,1-3,5,8-12H3/t36-,37+,38-/m1/s1. The van der Waals surface area contributed by atoms with E-state index in [4.69, 9.17) is 19.7 Å². The third-order valence-corrected chi connectivity index (χ3v) is 11.9. The fraction of sp³-hybridized carbons (Fsp3) is 0.579. The number of allylic oxidation sites excluding steroid dienone is 7. The lowest BCUT2D eigenvalue weighted by Gasteiger charge is -2.62. The second kappa shape index (κ2) is 8.71. The first-order valence-electron chi connectivity index (χ1n) is 15.2. The van der Waals surface area contributed by atoms with Gasteiger partial charge in [-0.15, -0.1) is 0 Å². The average Bonchev–Trinajstić information content (AvgIpc) is 3.21. The molecule has 0 heterocycles. The fourth-order valence-electron chi connectivity index (χ4n) is 10.0. The van der Waals surface area contributed by atoms with Gasteiger partial charge in [-0.3, -0.25) is 0 Å². The van der Waals surface area contributed by atoms with Crippen molar-refractivity contribution >= 4 is 5.57 Å². The molecule has 0 bridgehead atoms. The monoisotopic (exact) mass is 508 g/mol. The molecule has 0 saturated heterocycles. The molecule has 4 aliphatic rings. The Morgan fingerprint density at radius 2 is 1.58 bits per heavy atom. The highest BCUT2D eigenvalue weighted by atomic mass is 14.6. The number of hydrogen-bond donors (Lipinski definition) is 0. The van der Waals surface area contributed by atoms with Crippen molar-refractivity contribution in [2.45, 2.75) is 120 Å². The Bertz CT molecular complexity index is 1320. The van der Waals surface area contributed by atoms with E-state index in [-0.39, 0.29) is 16.2 Å². The van der Waals surface area contributed by atoms with Gasteiger partial charge in [-0.1, -0.05) is 97.4 Å². The van der Waals surface area contributed by atoms with Crippen LogP contribution >= 0.6 is 0 Å². The van der Waals surface area contributed by atoms with Crippen molar-refractivity contribution in [1.82, 2.24) is 0 Å². The third kappa shape index (κ3) is 3.68.